The van der Waals surface area contributed by atoms with Gasteiger partial charge in [0.2, 0.25) is 5.39 Å². The topological polar surface area (TPSA) is 106 Å². The number of rotatable bonds is 12. The Hall–Kier alpha value is -1.17. The van der Waals surface area contributed by atoms with E-state index in [0.717, 1.165) is 0 Å². The maximum absolute atomic E-state index is 12.6. The summed E-state index contributed by atoms with van der Waals surface area (Å²) in [6.07, 6.45) is 0. The van der Waals surface area contributed by atoms with Crippen LogP contribution in [0.1, 0.15) is 13.8 Å². The molecule has 0 saturated heterocycles. The summed E-state index contributed by atoms with van der Waals surface area (Å²) in [5.74, 6) is -0.498. The molecule has 0 aliphatic carbocycles. The monoisotopic (exact) mass is 338 g/mol. The normalized spacial score (nSPS) is 12.7. The molecule has 0 aromatic carbocycles. The average molecular weight is 338 g/mol. The highest BCUT2D eigenvalue weighted by Crippen LogP contribution is 2.57. The summed E-state index contributed by atoms with van der Waals surface area (Å²) in [6, 6.07) is 0. The Labute approximate surface area is 130 Å². The van der Waals surface area contributed by atoms with Crippen LogP contribution in [0, 0.1) is 5.39 Å². The Morgan fingerprint density at radius 1 is 1.14 bits per heavy atom. The second-order valence-corrected chi connectivity index (χ2v) is 5.99. The van der Waals surface area contributed by atoms with Crippen molar-refractivity contribution in [2.75, 3.05) is 53.7 Å². The Balaban J connectivity index is 5.57. The number of methoxy groups -OCH3 is 2. The lowest BCUT2D eigenvalue weighted by Gasteiger charge is -2.22. The van der Waals surface area contributed by atoms with E-state index in [2.05, 4.69) is 4.98 Å². The molecule has 0 unspecified atom stereocenters. The highest BCUT2D eigenvalue weighted by atomic mass is 31.2. The van der Waals surface area contributed by atoms with Gasteiger partial charge in [0.05, 0.1) is 26.4 Å². The van der Waals surface area contributed by atoms with Crippen molar-refractivity contribution in [1.82, 2.24) is 4.90 Å². The zero-order chi connectivity index (χ0) is 17.0. The molecule has 0 aromatic rings. The number of hydrogen-bond acceptors (Lipinski definition) is 8. The molecule has 0 bridgehead atoms. The minimum atomic E-state index is -3.91. The van der Waals surface area contributed by atoms with Gasteiger partial charge in [-0.05, 0) is 13.8 Å². The van der Waals surface area contributed by atoms with Gasteiger partial charge in [-0.1, -0.05) is 0 Å². The lowest BCUT2D eigenvalue weighted by molar-refractivity contribution is 0.0994. The van der Waals surface area contributed by atoms with Crippen molar-refractivity contribution >= 4 is 7.60 Å². The molecule has 22 heavy (non-hydrogen) atoms. The summed E-state index contributed by atoms with van der Waals surface area (Å²) in [6.45, 7) is 4.54. The van der Waals surface area contributed by atoms with Gasteiger partial charge in [-0.3, -0.25) is 0 Å². The Morgan fingerprint density at radius 3 is 1.91 bits per heavy atom. The third kappa shape index (κ3) is 6.30. The van der Waals surface area contributed by atoms with Crippen molar-refractivity contribution in [3.8, 4) is 0 Å². The van der Waals surface area contributed by atoms with E-state index in [-0.39, 0.29) is 26.3 Å². The van der Waals surface area contributed by atoms with Crippen LogP contribution in [0.15, 0.2) is 11.3 Å². The maximum atomic E-state index is 12.6. The van der Waals surface area contributed by atoms with Gasteiger partial charge >= 0.3 is 13.0 Å². The van der Waals surface area contributed by atoms with Crippen molar-refractivity contribution < 1.29 is 28.2 Å². The summed E-state index contributed by atoms with van der Waals surface area (Å²) in [5, 5.41) is 19.5. The van der Waals surface area contributed by atoms with Crippen LogP contribution in [0.25, 0.3) is 4.98 Å². The molecule has 0 heterocycles. The molecule has 10 heteroatoms. The first-order valence-electron chi connectivity index (χ1n) is 6.91. The van der Waals surface area contributed by atoms with Crippen LogP contribution in [0.2, 0.25) is 0 Å². The van der Waals surface area contributed by atoms with Crippen LogP contribution in [-0.2, 0) is 23.1 Å². The molecule has 0 fully saturated rings. The summed E-state index contributed by atoms with van der Waals surface area (Å²) in [4.78, 5) is 4.34. The van der Waals surface area contributed by atoms with Gasteiger partial charge in [0.25, 0.3) is 5.88 Å². The van der Waals surface area contributed by atoms with Crippen molar-refractivity contribution in [3.63, 3.8) is 0 Å². The molecule has 0 spiro atoms. The maximum Gasteiger partial charge on any atom is 0.528 e. The van der Waals surface area contributed by atoms with Crippen LogP contribution in [-0.4, -0.2) is 63.7 Å². The summed E-state index contributed by atoms with van der Waals surface area (Å²) < 4.78 is 32.7. The minimum absolute atomic E-state index is 0.0692. The van der Waals surface area contributed by atoms with Gasteiger partial charge in [-0.2, -0.15) is 0 Å². The van der Waals surface area contributed by atoms with Gasteiger partial charge in [0.15, 0.2) is 4.98 Å². The van der Waals surface area contributed by atoms with E-state index in [4.69, 9.17) is 18.5 Å². The number of diazo groups is 1. The van der Waals surface area contributed by atoms with E-state index in [9.17, 15) is 15.1 Å². The van der Waals surface area contributed by atoms with Crippen LogP contribution in [0.4, 0.5) is 0 Å². The first-order valence-corrected chi connectivity index (χ1v) is 8.45. The van der Waals surface area contributed by atoms with E-state index in [0.29, 0.717) is 13.2 Å². The second-order valence-electron chi connectivity index (χ2n) is 4.05. The SMILES string of the molecule is CCOP(=O)(OCC)/C([N+]#N)=C(\O)N(CCOC)CCOC. The van der Waals surface area contributed by atoms with Gasteiger partial charge in [0.1, 0.15) is 0 Å². The summed E-state index contributed by atoms with van der Waals surface area (Å²) >= 11 is 0. The number of ether oxygens (including phenoxy) is 2. The lowest BCUT2D eigenvalue weighted by Crippen LogP contribution is -2.31. The van der Waals surface area contributed by atoms with E-state index >= 15 is 0 Å². The van der Waals surface area contributed by atoms with Gasteiger partial charge < -0.3 is 28.5 Å². The Bertz CT molecular complexity index is 419. The molecule has 0 radical (unpaired) electrons. The predicted octanol–water partition coefficient (Wildman–Crippen LogP) is 2.38. The molecule has 0 amide bonds. The number of nitrogens with zero attached hydrogens (tertiary/aromatic N) is 3. The van der Waals surface area contributed by atoms with Crippen molar-refractivity contribution in [3.05, 3.63) is 16.3 Å². The van der Waals surface area contributed by atoms with E-state index in [1.807, 2.05) is 0 Å². The molecule has 0 atom stereocenters. The Kier molecular flexibility index (Phi) is 10.8. The number of aliphatic hydroxyl groups excluding tert-OH is 1. The average Bonchev–Trinajstić information content (AvgIpc) is 2.48. The zero-order valence-corrected chi connectivity index (χ0v) is 14.4. The highest BCUT2D eigenvalue weighted by molar-refractivity contribution is 7.58. The zero-order valence-electron chi connectivity index (χ0n) is 13.5. The number of aliphatic hydroxyl groups is 1. The van der Waals surface area contributed by atoms with Crippen molar-refractivity contribution in [2.45, 2.75) is 13.8 Å². The standard InChI is InChI=1S/C12H24N3O6P/c1-5-20-22(17,21-6-2)11(14-13)12(16)15(7-9-18-3)8-10-19-4/h5-10H2,1-4H3/p+1. The van der Waals surface area contributed by atoms with Crippen LogP contribution in [0.5, 0.6) is 0 Å². The fraction of sp³-hybridized carbons (Fsp3) is 0.833. The highest BCUT2D eigenvalue weighted by Gasteiger charge is 2.47. The van der Waals surface area contributed by atoms with Gasteiger partial charge in [-0.25, -0.2) is 4.57 Å². The molecule has 0 aliphatic heterocycles. The third-order valence-corrected chi connectivity index (χ3v) is 4.59. The number of hydrogen-bond donors (Lipinski definition) is 1. The third-order valence-electron chi connectivity index (χ3n) is 2.58. The van der Waals surface area contributed by atoms with Gasteiger partial charge in [-0.15, -0.1) is 0 Å². The van der Waals surface area contributed by atoms with Crippen LogP contribution < -0.4 is 0 Å². The molecule has 0 aliphatic rings. The molecular formula is C12H25N3O6P+. The first-order chi connectivity index (χ1) is 10.5. The quantitative estimate of drug-likeness (QED) is 0.328. The van der Waals surface area contributed by atoms with Crippen LogP contribution >= 0.6 is 7.60 Å². The molecule has 128 valence electrons. The molecule has 0 rings (SSSR count). The first kappa shape index (κ1) is 20.8. The second kappa shape index (κ2) is 11.4. The molecular weight excluding hydrogens is 313 g/mol. The largest absolute Gasteiger partial charge is 0.528 e. The van der Waals surface area contributed by atoms with Gasteiger partial charge in [0, 0.05) is 27.3 Å². The van der Waals surface area contributed by atoms with Crippen molar-refractivity contribution in [2.24, 2.45) is 0 Å². The van der Waals surface area contributed by atoms with E-state index < -0.39 is 18.9 Å². The van der Waals surface area contributed by atoms with Crippen LogP contribution in [0.3, 0.4) is 0 Å². The Morgan fingerprint density at radius 2 is 1.59 bits per heavy atom. The minimum Gasteiger partial charge on any atom is -0.489 e. The molecule has 1 N–H and O–H groups in total. The predicted molar refractivity (Wildman–Crippen MR) is 80.9 cm³/mol. The van der Waals surface area contributed by atoms with E-state index in [1.165, 1.54) is 19.1 Å². The fourth-order valence-electron chi connectivity index (χ4n) is 1.59. The molecule has 9 nitrogen and oxygen atoms in total. The molecule has 0 saturated carbocycles. The van der Waals surface area contributed by atoms with Crippen molar-refractivity contribution in [1.29, 1.82) is 5.39 Å². The van der Waals surface area contributed by atoms with E-state index in [1.54, 1.807) is 13.8 Å². The summed E-state index contributed by atoms with van der Waals surface area (Å²) in [5.41, 5.74) is -0.539. The summed E-state index contributed by atoms with van der Waals surface area (Å²) in [7, 11) is -0.891. The molecule has 0 aromatic heterocycles. The smallest absolute Gasteiger partial charge is 0.489 e. The fourth-order valence-corrected chi connectivity index (χ4v) is 3.08. The lowest BCUT2D eigenvalue weighted by atomic mass is 10.5.